The van der Waals surface area contributed by atoms with Gasteiger partial charge < -0.3 is 11.1 Å². The van der Waals surface area contributed by atoms with E-state index in [1.807, 2.05) is 31.3 Å². The average Bonchev–Trinajstić information content (AvgIpc) is 2.39. The highest BCUT2D eigenvalue weighted by molar-refractivity contribution is 6.30. The molecule has 0 fully saturated rings. The van der Waals surface area contributed by atoms with Crippen molar-refractivity contribution in [1.29, 1.82) is 0 Å². The Bertz CT molecular complexity index is 380. The standard InChI is InChI=1S/C13H20ClN3O/c1-16-13(18)7-8-17(2)12(9-15)10-3-5-11(14)6-4-10/h3-6,12H,7-9,15H2,1-2H3,(H,16,18). The number of nitrogens with zero attached hydrogens (tertiary/aromatic N) is 1. The molecular weight excluding hydrogens is 250 g/mol. The van der Waals surface area contributed by atoms with E-state index < -0.39 is 0 Å². The molecule has 1 aromatic carbocycles. The van der Waals surface area contributed by atoms with Crippen LogP contribution in [0, 0.1) is 0 Å². The number of nitrogens with two attached hydrogens (primary N) is 1. The fraction of sp³-hybridized carbons (Fsp3) is 0.462. The Hall–Kier alpha value is -1.10. The van der Waals surface area contributed by atoms with Gasteiger partial charge in [-0.15, -0.1) is 0 Å². The lowest BCUT2D eigenvalue weighted by Crippen LogP contribution is -2.33. The number of rotatable bonds is 6. The smallest absolute Gasteiger partial charge is 0.221 e. The largest absolute Gasteiger partial charge is 0.359 e. The van der Waals surface area contributed by atoms with Crippen molar-refractivity contribution in [2.45, 2.75) is 12.5 Å². The molecule has 1 rings (SSSR count). The highest BCUT2D eigenvalue weighted by atomic mass is 35.5. The molecule has 1 unspecified atom stereocenters. The summed E-state index contributed by atoms with van der Waals surface area (Å²) in [5.41, 5.74) is 6.92. The van der Waals surface area contributed by atoms with Crippen molar-refractivity contribution in [3.63, 3.8) is 0 Å². The number of hydrogen-bond donors (Lipinski definition) is 2. The third kappa shape index (κ3) is 4.29. The SMILES string of the molecule is CNC(=O)CCN(C)C(CN)c1ccc(Cl)cc1. The molecule has 1 atom stereocenters. The molecule has 0 bridgehead atoms. The van der Waals surface area contributed by atoms with Crippen LogP contribution in [0.25, 0.3) is 0 Å². The Balaban J connectivity index is 2.64. The lowest BCUT2D eigenvalue weighted by molar-refractivity contribution is -0.120. The third-order valence-corrected chi connectivity index (χ3v) is 3.23. The highest BCUT2D eigenvalue weighted by Gasteiger charge is 2.15. The Kier molecular flexibility index (Phi) is 6.12. The first-order valence-electron chi connectivity index (χ1n) is 5.94. The Morgan fingerprint density at radius 1 is 1.44 bits per heavy atom. The van der Waals surface area contributed by atoms with Crippen molar-refractivity contribution in [2.75, 3.05) is 27.2 Å². The zero-order valence-corrected chi connectivity index (χ0v) is 11.6. The van der Waals surface area contributed by atoms with Crippen LogP contribution in [0.15, 0.2) is 24.3 Å². The molecule has 0 saturated carbocycles. The predicted molar refractivity (Wildman–Crippen MR) is 74.6 cm³/mol. The van der Waals surface area contributed by atoms with Gasteiger partial charge in [-0.05, 0) is 24.7 Å². The molecule has 4 nitrogen and oxygen atoms in total. The molecule has 1 aromatic rings. The van der Waals surface area contributed by atoms with Crippen LogP contribution in [0.1, 0.15) is 18.0 Å². The summed E-state index contributed by atoms with van der Waals surface area (Å²) in [5, 5.41) is 3.32. The number of benzene rings is 1. The fourth-order valence-corrected chi connectivity index (χ4v) is 1.94. The van der Waals surface area contributed by atoms with E-state index in [0.29, 0.717) is 24.5 Å². The second-order valence-corrected chi connectivity index (χ2v) is 4.64. The molecule has 3 N–H and O–H groups in total. The van der Waals surface area contributed by atoms with E-state index >= 15 is 0 Å². The van der Waals surface area contributed by atoms with Crippen LogP contribution in [-0.4, -0.2) is 38.0 Å². The number of amides is 1. The van der Waals surface area contributed by atoms with Crippen molar-refractivity contribution in [3.05, 3.63) is 34.9 Å². The molecule has 0 spiro atoms. The monoisotopic (exact) mass is 269 g/mol. The maximum atomic E-state index is 11.2. The van der Waals surface area contributed by atoms with E-state index in [9.17, 15) is 4.79 Å². The molecule has 0 radical (unpaired) electrons. The van der Waals surface area contributed by atoms with Crippen LogP contribution < -0.4 is 11.1 Å². The summed E-state index contributed by atoms with van der Waals surface area (Å²) >= 11 is 5.86. The predicted octanol–water partition coefficient (Wildman–Crippen LogP) is 1.41. The van der Waals surface area contributed by atoms with Gasteiger partial charge >= 0.3 is 0 Å². The normalized spacial score (nSPS) is 12.5. The van der Waals surface area contributed by atoms with E-state index in [-0.39, 0.29) is 11.9 Å². The van der Waals surface area contributed by atoms with Crippen LogP contribution in [0.4, 0.5) is 0 Å². The first kappa shape index (κ1) is 15.0. The summed E-state index contributed by atoms with van der Waals surface area (Å²) < 4.78 is 0. The number of nitrogens with one attached hydrogen (secondary N) is 1. The Labute approximate surface area is 113 Å². The van der Waals surface area contributed by atoms with Crippen LogP contribution in [0.5, 0.6) is 0 Å². The molecule has 100 valence electrons. The number of likely N-dealkylation sites (N-methyl/N-ethyl adjacent to an activating group) is 1. The van der Waals surface area contributed by atoms with E-state index in [1.165, 1.54) is 0 Å². The van der Waals surface area contributed by atoms with Gasteiger partial charge in [-0.1, -0.05) is 23.7 Å². The minimum atomic E-state index is 0.0359. The van der Waals surface area contributed by atoms with Crippen LogP contribution in [0.2, 0.25) is 5.02 Å². The lowest BCUT2D eigenvalue weighted by atomic mass is 10.1. The minimum absolute atomic E-state index is 0.0359. The number of carbonyl (C=O) groups is 1. The van der Waals surface area contributed by atoms with Gasteiger partial charge in [0.15, 0.2) is 0 Å². The summed E-state index contributed by atoms with van der Waals surface area (Å²) in [6, 6.07) is 7.75. The van der Waals surface area contributed by atoms with Gasteiger partial charge in [-0.3, -0.25) is 9.69 Å². The zero-order valence-electron chi connectivity index (χ0n) is 10.8. The lowest BCUT2D eigenvalue weighted by Gasteiger charge is -2.27. The third-order valence-electron chi connectivity index (χ3n) is 2.98. The highest BCUT2D eigenvalue weighted by Crippen LogP contribution is 2.20. The molecule has 0 heterocycles. The summed E-state index contributed by atoms with van der Waals surface area (Å²) in [6.45, 7) is 1.18. The molecule has 0 aliphatic carbocycles. The van der Waals surface area contributed by atoms with Crippen LogP contribution in [-0.2, 0) is 4.79 Å². The van der Waals surface area contributed by atoms with Crippen LogP contribution in [0.3, 0.4) is 0 Å². The number of hydrogen-bond acceptors (Lipinski definition) is 3. The van der Waals surface area contributed by atoms with Gasteiger partial charge in [0.2, 0.25) is 5.91 Å². The summed E-state index contributed by atoms with van der Waals surface area (Å²) in [7, 11) is 3.61. The maximum absolute atomic E-state index is 11.2. The minimum Gasteiger partial charge on any atom is -0.359 e. The fourth-order valence-electron chi connectivity index (χ4n) is 1.81. The number of carbonyl (C=O) groups excluding carboxylic acids is 1. The molecule has 0 aliphatic heterocycles. The maximum Gasteiger partial charge on any atom is 0.221 e. The Morgan fingerprint density at radius 3 is 2.56 bits per heavy atom. The van der Waals surface area contributed by atoms with Crippen molar-refractivity contribution in [3.8, 4) is 0 Å². The van der Waals surface area contributed by atoms with Crippen molar-refractivity contribution < 1.29 is 4.79 Å². The summed E-state index contributed by atoms with van der Waals surface area (Å²) in [6.07, 6.45) is 0.469. The summed E-state index contributed by atoms with van der Waals surface area (Å²) in [4.78, 5) is 13.3. The second kappa shape index (κ2) is 7.36. The van der Waals surface area contributed by atoms with E-state index in [0.717, 1.165) is 5.56 Å². The molecule has 0 aliphatic rings. The van der Waals surface area contributed by atoms with Gasteiger partial charge in [0.05, 0.1) is 0 Å². The van der Waals surface area contributed by atoms with E-state index in [1.54, 1.807) is 7.05 Å². The van der Waals surface area contributed by atoms with Gasteiger partial charge in [0.1, 0.15) is 0 Å². The molecular formula is C13H20ClN3O. The molecule has 0 saturated heterocycles. The quantitative estimate of drug-likeness (QED) is 0.821. The average molecular weight is 270 g/mol. The van der Waals surface area contributed by atoms with E-state index in [2.05, 4.69) is 10.2 Å². The van der Waals surface area contributed by atoms with Crippen molar-refractivity contribution in [2.24, 2.45) is 5.73 Å². The Morgan fingerprint density at radius 2 is 2.06 bits per heavy atom. The van der Waals surface area contributed by atoms with Gasteiger partial charge in [-0.25, -0.2) is 0 Å². The second-order valence-electron chi connectivity index (χ2n) is 4.21. The van der Waals surface area contributed by atoms with Gasteiger partial charge in [-0.2, -0.15) is 0 Å². The van der Waals surface area contributed by atoms with Crippen molar-refractivity contribution in [1.82, 2.24) is 10.2 Å². The zero-order chi connectivity index (χ0) is 13.5. The first-order chi connectivity index (χ1) is 8.58. The van der Waals surface area contributed by atoms with Gasteiger partial charge in [0.25, 0.3) is 0 Å². The van der Waals surface area contributed by atoms with Gasteiger partial charge in [0, 0.05) is 37.6 Å². The summed E-state index contributed by atoms with van der Waals surface area (Å²) in [5.74, 6) is 0.0359. The topological polar surface area (TPSA) is 58.4 Å². The molecule has 18 heavy (non-hydrogen) atoms. The van der Waals surface area contributed by atoms with E-state index in [4.69, 9.17) is 17.3 Å². The molecule has 5 heteroatoms. The number of halogens is 1. The molecule has 0 aromatic heterocycles. The molecule has 1 amide bonds. The first-order valence-corrected chi connectivity index (χ1v) is 6.32. The van der Waals surface area contributed by atoms with Crippen molar-refractivity contribution >= 4 is 17.5 Å². The van der Waals surface area contributed by atoms with Crippen LogP contribution >= 0.6 is 11.6 Å².